The van der Waals surface area contributed by atoms with Crippen LogP contribution in [0.3, 0.4) is 0 Å². The standard InChI is InChI=1S/C17H26N4O2.HI/c1-13(22)20-16-6-4-5-14(9-16)10-19-17(18-2)21(3)11-15-7-8-23-12-15;/h4-6,9,15H,7-8,10-12H2,1-3H3,(H,18,19)(H,20,22);1H. The fourth-order valence-corrected chi connectivity index (χ4v) is 2.73. The highest BCUT2D eigenvalue weighted by atomic mass is 127. The summed E-state index contributed by atoms with van der Waals surface area (Å²) in [5.74, 6) is 1.37. The Hall–Kier alpha value is -1.35. The number of halogens is 1. The first-order chi connectivity index (χ1) is 11.1. The van der Waals surface area contributed by atoms with Crippen LogP contribution in [-0.4, -0.2) is 50.6 Å². The topological polar surface area (TPSA) is 66.0 Å². The molecule has 7 heteroatoms. The molecule has 24 heavy (non-hydrogen) atoms. The maximum atomic E-state index is 11.1. The third-order valence-corrected chi connectivity index (χ3v) is 3.83. The summed E-state index contributed by atoms with van der Waals surface area (Å²) in [7, 11) is 3.83. The highest BCUT2D eigenvalue weighted by molar-refractivity contribution is 14.0. The number of hydrogen-bond acceptors (Lipinski definition) is 3. The van der Waals surface area contributed by atoms with E-state index in [0.717, 1.165) is 43.4 Å². The molecular weight excluding hydrogens is 419 g/mol. The Kier molecular flexibility index (Phi) is 9.05. The van der Waals surface area contributed by atoms with Gasteiger partial charge in [-0.3, -0.25) is 9.79 Å². The highest BCUT2D eigenvalue weighted by Gasteiger charge is 2.18. The molecule has 0 bridgehead atoms. The van der Waals surface area contributed by atoms with Crippen molar-refractivity contribution in [1.82, 2.24) is 10.2 Å². The van der Waals surface area contributed by atoms with Crippen molar-refractivity contribution in [2.75, 3.05) is 39.2 Å². The minimum absolute atomic E-state index is 0. The van der Waals surface area contributed by atoms with Crippen molar-refractivity contribution >= 4 is 41.5 Å². The van der Waals surface area contributed by atoms with Crippen molar-refractivity contribution in [3.8, 4) is 0 Å². The third kappa shape index (κ3) is 6.64. The quantitative estimate of drug-likeness (QED) is 0.414. The van der Waals surface area contributed by atoms with Crippen LogP contribution in [0.15, 0.2) is 29.3 Å². The lowest BCUT2D eigenvalue weighted by molar-refractivity contribution is -0.114. The normalized spacial score (nSPS) is 17.1. The molecule has 0 spiro atoms. The molecular formula is C17H27IN4O2. The van der Waals surface area contributed by atoms with E-state index < -0.39 is 0 Å². The van der Waals surface area contributed by atoms with E-state index in [1.54, 1.807) is 7.05 Å². The molecule has 0 radical (unpaired) electrons. The predicted octanol–water partition coefficient (Wildman–Crippen LogP) is 2.31. The SMILES string of the molecule is CN=C(NCc1cccc(NC(C)=O)c1)N(C)CC1CCOC1.I. The van der Waals surface area contributed by atoms with Crippen molar-refractivity contribution in [3.05, 3.63) is 29.8 Å². The van der Waals surface area contributed by atoms with Crippen molar-refractivity contribution in [2.24, 2.45) is 10.9 Å². The largest absolute Gasteiger partial charge is 0.381 e. The van der Waals surface area contributed by atoms with E-state index in [4.69, 9.17) is 4.74 Å². The van der Waals surface area contributed by atoms with Gasteiger partial charge in [0.25, 0.3) is 0 Å². The van der Waals surface area contributed by atoms with Gasteiger partial charge in [0.05, 0.1) is 6.61 Å². The molecule has 0 aromatic heterocycles. The van der Waals surface area contributed by atoms with E-state index in [1.807, 2.05) is 31.3 Å². The van der Waals surface area contributed by atoms with Crippen molar-refractivity contribution in [1.29, 1.82) is 0 Å². The zero-order chi connectivity index (χ0) is 16.7. The molecule has 0 aliphatic carbocycles. The number of anilines is 1. The van der Waals surface area contributed by atoms with Gasteiger partial charge in [-0.15, -0.1) is 24.0 Å². The molecule has 1 fully saturated rings. The third-order valence-electron chi connectivity index (χ3n) is 3.83. The molecule has 1 heterocycles. The van der Waals surface area contributed by atoms with E-state index in [9.17, 15) is 4.79 Å². The molecule has 1 saturated heterocycles. The van der Waals surface area contributed by atoms with Crippen LogP contribution >= 0.6 is 24.0 Å². The van der Waals surface area contributed by atoms with Gasteiger partial charge in [-0.05, 0) is 24.1 Å². The molecule has 1 atom stereocenters. The second-order valence-electron chi connectivity index (χ2n) is 5.89. The van der Waals surface area contributed by atoms with Gasteiger partial charge in [0.1, 0.15) is 0 Å². The first-order valence-electron chi connectivity index (χ1n) is 7.94. The number of carbonyl (C=O) groups excluding carboxylic acids is 1. The fourth-order valence-electron chi connectivity index (χ4n) is 2.73. The Morgan fingerprint density at radius 3 is 2.88 bits per heavy atom. The van der Waals surface area contributed by atoms with Crippen molar-refractivity contribution in [2.45, 2.75) is 19.9 Å². The van der Waals surface area contributed by atoms with Crippen molar-refractivity contribution < 1.29 is 9.53 Å². The predicted molar refractivity (Wildman–Crippen MR) is 108 cm³/mol. The van der Waals surface area contributed by atoms with E-state index in [-0.39, 0.29) is 29.9 Å². The Morgan fingerprint density at radius 1 is 1.46 bits per heavy atom. The molecule has 1 amide bonds. The van der Waals surface area contributed by atoms with Crippen LogP contribution in [0.2, 0.25) is 0 Å². The number of benzene rings is 1. The van der Waals surface area contributed by atoms with Crippen molar-refractivity contribution in [3.63, 3.8) is 0 Å². The number of hydrogen-bond donors (Lipinski definition) is 2. The fraction of sp³-hybridized carbons (Fsp3) is 0.529. The lowest BCUT2D eigenvalue weighted by Crippen LogP contribution is -2.41. The zero-order valence-corrected chi connectivity index (χ0v) is 16.9. The molecule has 1 unspecified atom stereocenters. The van der Waals surface area contributed by atoms with Gasteiger partial charge in [0.15, 0.2) is 5.96 Å². The molecule has 134 valence electrons. The summed E-state index contributed by atoms with van der Waals surface area (Å²) >= 11 is 0. The van der Waals surface area contributed by atoms with Gasteiger partial charge < -0.3 is 20.3 Å². The first kappa shape index (κ1) is 20.7. The molecule has 6 nitrogen and oxygen atoms in total. The maximum absolute atomic E-state index is 11.1. The zero-order valence-electron chi connectivity index (χ0n) is 14.5. The second kappa shape index (κ2) is 10.5. The van der Waals surface area contributed by atoms with E-state index in [1.165, 1.54) is 6.92 Å². The summed E-state index contributed by atoms with van der Waals surface area (Å²) in [5, 5.41) is 6.16. The van der Waals surface area contributed by atoms with E-state index in [2.05, 4.69) is 20.5 Å². The summed E-state index contributed by atoms with van der Waals surface area (Å²) in [4.78, 5) is 17.6. The number of nitrogens with zero attached hydrogens (tertiary/aromatic N) is 2. The summed E-state index contributed by atoms with van der Waals surface area (Å²) < 4.78 is 5.42. The summed E-state index contributed by atoms with van der Waals surface area (Å²) in [6, 6.07) is 7.81. The molecule has 2 N–H and O–H groups in total. The maximum Gasteiger partial charge on any atom is 0.221 e. The Bertz CT molecular complexity index is 559. The Morgan fingerprint density at radius 2 is 2.25 bits per heavy atom. The molecule has 2 rings (SSSR count). The van der Waals surface area contributed by atoms with Crippen LogP contribution in [-0.2, 0) is 16.1 Å². The Balaban J connectivity index is 0.00000288. The minimum atomic E-state index is -0.0653. The molecule has 1 aliphatic rings. The van der Waals surface area contributed by atoms with Gasteiger partial charge in [0, 0.05) is 52.3 Å². The monoisotopic (exact) mass is 446 g/mol. The first-order valence-corrected chi connectivity index (χ1v) is 7.94. The number of carbonyl (C=O) groups is 1. The van der Waals surface area contributed by atoms with E-state index in [0.29, 0.717) is 12.5 Å². The van der Waals surface area contributed by atoms with Crippen LogP contribution < -0.4 is 10.6 Å². The van der Waals surface area contributed by atoms with Gasteiger partial charge in [0.2, 0.25) is 5.91 Å². The van der Waals surface area contributed by atoms with Gasteiger partial charge in [-0.2, -0.15) is 0 Å². The number of rotatable bonds is 5. The van der Waals surface area contributed by atoms with Gasteiger partial charge in [-0.1, -0.05) is 12.1 Å². The minimum Gasteiger partial charge on any atom is -0.381 e. The lowest BCUT2D eigenvalue weighted by Gasteiger charge is -2.24. The average molecular weight is 446 g/mol. The number of nitrogens with one attached hydrogen (secondary N) is 2. The smallest absolute Gasteiger partial charge is 0.221 e. The summed E-state index contributed by atoms with van der Waals surface area (Å²) in [6.45, 7) is 4.80. The highest BCUT2D eigenvalue weighted by Crippen LogP contribution is 2.14. The number of aliphatic imine (C=N–C) groups is 1. The van der Waals surface area contributed by atoms with Crippen LogP contribution in [0.25, 0.3) is 0 Å². The summed E-state index contributed by atoms with van der Waals surface area (Å²) in [5.41, 5.74) is 1.90. The Labute approximate surface area is 161 Å². The molecule has 1 aliphatic heterocycles. The number of guanidine groups is 1. The van der Waals surface area contributed by atoms with Crippen LogP contribution in [0.1, 0.15) is 18.9 Å². The lowest BCUT2D eigenvalue weighted by atomic mass is 10.1. The molecule has 1 aromatic carbocycles. The van der Waals surface area contributed by atoms with Crippen LogP contribution in [0.4, 0.5) is 5.69 Å². The van der Waals surface area contributed by atoms with Crippen LogP contribution in [0, 0.1) is 5.92 Å². The van der Waals surface area contributed by atoms with Gasteiger partial charge >= 0.3 is 0 Å². The molecule has 1 aromatic rings. The summed E-state index contributed by atoms with van der Waals surface area (Å²) in [6.07, 6.45) is 1.11. The van der Waals surface area contributed by atoms with E-state index >= 15 is 0 Å². The average Bonchev–Trinajstić information content (AvgIpc) is 3.00. The molecule has 0 saturated carbocycles. The number of amides is 1. The number of ether oxygens (including phenoxy) is 1. The van der Waals surface area contributed by atoms with Crippen LogP contribution in [0.5, 0.6) is 0 Å². The van der Waals surface area contributed by atoms with Gasteiger partial charge in [-0.25, -0.2) is 0 Å². The second-order valence-corrected chi connectivity index (χ2v) is 5.89.